The topological polar surface area (TPSA) is 62.2 Å². The molecule has 5 rings (SSSR count). The summed E-state index contributed by atoms with van der Waals surface area (Å²) in [5, 5.41) is 19.0. The van der Waals surface area contributed by atoms with Crippen LogP contribution in [0.25, 0.3) is 11.6 Å². The molecule has 0 spiro atoms. The molecule has 0 unspecified atom stereocenters. The SMILES string of the molecule is Oc1ccc(C2=Cc3cc4c(cc3OC2)OCN(c2ccc(O)cc2)C4)cc1. The first-order chi connectivity index (χ1) is 13.7. The number of ether oxygens (including phenoxy) is 2. The van der Waals surface area contributed by atoms with E-state index in [4.69, 9.17) is 9.47 Å². The third-order valence-corrected chi connectivity index (χ3v) is 5.10. The molecule has 0 aliphatic carbocycles. The monoisotopic (exact) mass is 373 g/mol. The summed E-state index contributed by atoms with van der Waals surface area (Å²) in [6.07, 6.45) is 2.13. The van der Waals surface area contributed by atoms with E-state index >= 15 is 0 Å². The highest BCUT2D eigenvalue weighted by molar-refractivity contribution is 5.86. The number of benzene rings is 3. The van der Waals surface area contributed by atoms with Crippen LogP contribution in [0.5, 0.6) is 23.0 Å². The number of hydrogen-bond acceptors (Lipinski definition) is 5. The number of aromatic hydroxyl groups is 2. The Bertz CT molecular complexity index is 1060. The van der Waals surface area contributed by atoms with Gasteiger partial charge in [0.25, 0.3) is 0 Å². The Labute approximate surface area is 162 Å². The number of phenolic OH excluding ortho intramolecular Hbond substituents is 2. The number of fused-ring (bicyclic) bond motifs is 2. The first-order valence-electron chi connectivity index (χ1n) is 9.12. The molecule has 5 nitrogen and oxygen atoms in total. The van der Waals surface area contributed by atoms with Gasteiger partial charge in [0.2, 0.25) is 0 Å². The summed E-state index contributed by atoms with van der Waals surface area (Å²) in [6, 6.07) is 18.3. The maximum absolute atomic E-state index is 9.50. The number of hydrogen-bond donors (Lipinski definition) is 2. The van der Waals surface area contributed by atoms with E-state index in [0.29, 0.717) is 13.3 Å². The zero-order valence-electron chi connectivity index (χ0n) is 15.1. The van der Waals surface area contributed by atoms with Crippen LogP contribution in [0.1, 0.15) is 16.7 Å². The summed E-state index contributed by atoms with van der Waals surface area (Å²) in [5.74, 6) is 2.16. The van der Waals surface area contributed by atoms with Gasteiger partial charge in [-0.25, -0.2) is 0 Å². The molecule has 2 N–H and O–H groups in total. The van der Waals surface area contributed by atoms with Crippen molar-refractivity contribution in [2.75, 3.05) is 18.2 Å². The number of phenols is 2. The van der Waals surface area contributed by atoms with Crippen LogP contribution in [0, 0.1) is 0 Å². The van der Waals surface area contributed by atoms with E-state index in [9.17, 15) is 10.2 Å². The van der Waals surface area contributed by atoms with E-state index < -0.39 is 0 Å². The van der Waals surface area contributed by atoms with Crippen LogP contribution < -0.4 is 14.4 Å². The predicted molar refractivity (Wildman–Crippen MR) is 108 cm³/mol. The Morgan fingerprint density at radius 3 is 2.25 bits per heavy atom. The van der Waals surface area contributed by atoms with Gasteiger partial charge in [0, 0.05) is 29.4 Å². The highest BCUT2D eigenvalue weighted by atomic mass is 16.5. The fourth-order valence-corrected chi connectivity index (χ4v) is 3.58. The molecule has 0 atom stereocenters. The molecule has 2 heterocycles. The lowest BCUT2D eigenvalue weighted by Gasteiger charge is -2.32. The van der Waals surface area contributed by atoms with Crippen molar-refractivity contribution in [3.8, 4) is 23.0 Å². The van der Waals surface area contributed by atoms with Gasteiger partial charge in [-0.15, -0.1) is 0 Å². The Balaban J connectivity index is 1.46. The number of rotatable bonds is 2. The Morgan fingerprint density at radius 1 is 0.786 bits per heavy atom. The molecule has 0 saturated carbocycles. The molecule has 140 valence electrons. The molecule has 0 fully saturated rings. The van der Waals surface area contributed by atoms with Crippen LogP contribution in [0.2, 0.25) is 0 Å². The molecular weight excluding hydrogens is 354 g/mol. The fraction of sp³-hybridized carbons (Fsp3) is 0.130. The molecule has 5 heteroatoms. The first-order valence-corrected chi connectivity index (χ1v) is 9.12. The average Bonchev–Trinajstić information content (AvgIpc) is 2.72. The van der Waals surface area contributed by atoms with Crippen LogP contribution in [-0.2, 0) is 6.54 Å². The Morgan fingerprint density at radius 2 is 1.50 bits per heavy atom. The van der Waals surface area contributed by atoms with Gasteiger partial charge in [0.05, 0.1) is 0 Å². The molecule has 3 aromatic carbocycles. The minimum Gasteiger partial charge on any atom is -0.508 e. The van der Waals surface area contributed by atoms with Gasteiger partial charge in [-0.05, 0) is 59.7 Å². The third-order valence-electron chi connectivity index (χ3n) is 5.10. The van der Waals surface area contributed by atoms with Gasteiger partial charge in [-0.2, -0.15) is 0 Å². The lowest BCUT2D eigenvalue weighted by Crippen LogP contribution is -2.31. The van der Waals surface area contributed by atoms with Gasteiger partial charge in [0.15, 0.2) is 6.73 Å². The van der Waals surface area contributed by atoms with Crippen LogP contribution in [0.4, 0.5) is 5.69 Å². The lowest BCUT2D eigenvalue weighted by molar-refractivity contribution is 0.285. The zero-order valence-corrected chi connectivity index (χ0v) is 15.1. The Kier molecular flexibility index (Phi) is 3.86. The van der Waals surface area contributed by atoms with Gasteiger partial charge in [-0.3, -0.25) is 0 Å². The van der Waals surface area contributed by atoms with E-state index in [1.54, 1.807) is 24.3 Å². The highest BCUT2D eigenvalue weighted by Gasteiger charge is 2.22. The van der Waals surface area contributed by atoms with E-state index in [-0.39, 0.29) is 11.5 Å². The molecule has 0 radical (unpaired) electrons. The maximum atomic E-state index is 9.50. The second-order valence-corrected chi connectivity index (χ2v) is 6.99. The molecule has 0 aromatic heterocycles. The molecule has 0 bridgehead atoms. The minimum atomic E-state index is 0.250. The molecular formula is C23H19NO4. The highest BCUT2D eigenvalue weighted by Crippen LogP contribution is 2.38. The van der Waals surface area contributed by atoms with Gasteiger partial charge in [-0.1, -0.05) is 12.1 Å². The summed E-state index contributed by atoms with van der Waals surface area (Å²) >= 11 is 0. The van der Waals surface area contributed by atoms with Crippen molar-refractivity contribution >= 4 is 17.3 Å². The van der Waals surface area contributed by atoms with E-state index in [2.05, 4.69) is 17.0 Å². The zero-order chi connectivity index (χ0) is 19.1. The van der Waals surface area contributed by atoms with Crippen molar-refractivity contribution in [1.82, 2.24) is 0 Å². The number of anilines is 1. The van der Waals surface area contributed by atoms with Crippen molar-refractivity contribution in [1.29, 1.82) is 0 Å². The quantitative estimate of drug-likeness (QED) is 0.698. The normalized spacial score (nSPS) is 15.0. The van der Waals surface area contributed by atoms with Gasteiger partial charge in [0.1, 0.15) is 29.6 Å². The van der Waals surface area contributed by atoms with Crippen molar-refractivity contribution in [2.45, 2.75) is 6.54 Å². The van der Waals surface area contributed by atoms with Crippen LogP contribution in [0.3, 0.4) is 0 Å². The second kappa shape index (κ2) is 6.53. The molecule has 3 aromatic rings. The number of nitrogens with zero attached hydrogens (tertiary/aromatic N) is 1. The fourth-order valence-electron chi connectivity index (χ4n) is 3.58. The largest absolute Gasteiger partial charge is 0.508 e. The van der Waals surface area contributed by atoms with Gasteiger partial charge >= 0.3 is 0 Å². The van der Waals surface area contributed by atoms with Crippen molar-refractivity contribution < 1.29 is 19.7 Å². The van der Waals surface area contributed by atoms with Crippen molar-refractivity contribution in [3.05, 3.63) is 77.4 Å². The predicted octanol–water partition coefficient (Wildman–Crippen LogP) is 4.39. The summed E-state index contributed by atoms with van der Waals surface area (Å²) in [6.45, 7) is 1.65. The van der Waals surface area contributed by atoms with Crippen molar-refractivity contribution in [2.24, 2.45) is 0 Å². The van der Waals surface area contributed by atoms with Gasteiger partial charge < -0.3 is 24.6 Å². The molecule has 0 amide bonds. The minimum absolute atomic E-state index is 0.250. The van der Waals surface area contributed by atoms with Crippen LogP contribution >= 0.6 is 0 Å². The third kappa shape index (κ3) is 3.01. The van der Waals surface area contributed by atoms with E-state index in [0.717, 1.165) is 46.0 Å². The van der Waals surface area contributed by atoms with E-state index in [1.807, 2.05) is 30.3 Å². The van der Waals surface area contributed by atoms with Crippen LogP contribution in [0.15, 0.2) is 60.7 Å². The molecule has 0 saturated heterocycles. The summed E-state index contributed by atoms with van der Waals surface area (Å²) in [4.78, 5) is 2.11. The standard InChI is InChI=1S/C23H19NO4/c25-20-5-1-15(2-6-20)18-10-16-9-17-12-24(19-3-7-21(26)8-4-19)14-28-23(17)11-22(16)27-13-18/h1-11,25-26H,12-14H2. The molecule has 28 heavy (non-hydrogen) atoms. The molecule has 2 aliphatic rings. The molecule has 2 aliphatic heterocycles. The Hall–Kier alpha value is -3.60. The first kappa shape index (κ1) is 16.6. The summed E-state index contributed by atoms with van der Waals surface area (Å²) in [5.41, 5.74) is 5.20. The van der Waals surface area contributed by atoms with Crippen molar-refractivity contribution in [3.63, 3.8) is 0 Å². The maximum Gasteiger partial charge on any atom is 0.161 e. The lowest BCUT2D eigenvalue weighted by atomic mass is 9.98. The summed E-state index contributed by atoms with van der Waals surface area (Å²) < 4.78 is 11.9. The smallest absolute Gasteiger partial charge is 0.161 e. The van der Waals surface area contributed by atoms with Crippen LogP contribution in [-0.4, -0.2) is 23.6 Å². The summed E-state index contributed by atoms with van der Waals surface area (Å²) in [7, 11) is 0. The van der Waals surface area contributed by atoms with E-state index in [1.165, 1.54) is 0 Å². The average molecular weight is 373 g/mol. The second-order valence-electron chi connectivity index (χ2n) is 6.99.